The molecule has 16 heavy (non-hydrogen) atoms. The summed E-state index contributed by atoms with van der Waals surface area (Å²) in [5, 5.41) is 3.48. The highest BCUT2D eigenvalue weighted by atomic mass is 14.9. The van der Waals surface area contributed by atoms with Crippen molar-refractivity contribution in [2.24, 2.45) is 5.92 Å². The number of aryl methyl sites for hydroxylation is 1. The number of hydrogen-bond acceptors (Lipinski definition) is 1. The molecule has 1 aromatic carbocycles. The molecule has 1 aliphatic rings. The van der Waals surface area contributed by atoms with Crippen molar-refractivity contribution < 1.29 is 0 Å². The van der Waals surface area contributed by atoms with E-state index >= 15 is 0 Å². The van der Waals surface area contributed by atoms with Crippen molar-refractivity contribution in [1.29, 1.82) is 0 Å². The quantitative estimate of drug-likeness (QED) is 0.797. The smallest absolute Gasteiger partial charge is 0.00148 e. The van der Waals surface area contributed by atoms with Gasteiger partial charge in [0.1, 0.15) is 0 Å². The van der Waals surface area contributed by atoms with Crippen molar-refractivity contribution in [1.82, 2.24) is 5.32 Å². The van der Waals surface area contributed by atoms with Crippen LogP contribution in [0.15, 0.2) is 24.3 Å². The predicted octanol–water partition coefficient (Wildman–Crippen LogP) is 3.35. The van der Waals surface area contributed by atoms with Crippen LogP contribution in [0.4, 0.5) is 0 Å². The summed E-state index contributed by atoms with van der Waals surface area (Å²) >= 11 is 0. The summed E-state index contributed by atoms with van der Waals surface area (Å²) in [6.45, 7) is 6.71. The van der Waals surface area contributed by atoms with Crippen molar-refractivity contribution >= 4 is 0 Å². The van der Waals surface area contributed by atoms with Crippen LogP contribution in [0, 0.1) is 5.92 Å². The Morgan fingerprint density at radius 2 is 2.12 bits per heavy atom. The Morgan fingerprint density at radius 3 is 2.75 bits per heavy atom. The molecule has 0 saturated heterocycles. The van der Waals surface area contributed by atoms with Gasteiger partial charge >= 0.3 is 0 Å². The largest absolute Gasteiger partial charge is 0.317 e. The topological polar surface area (TPSA) is 12.0 Å². The van der Waals surface area contributed by atoms with Crippen LogP contribution in [0.25, 0.3) is 0 Å². The molecule has 1 N–H and O–H groups in total. The zero-order valence-corrected chi connectivity index (χ0v) is 10.5. The van der Waals surface area contributed by atoms with Gasteiger partial charge in [-0.1, -0.05) is 38.1 Å². The first-order chi connectivity index (χ1) is 7.85. The summed E-state index contributed by atoms with van der Waals surface area (Å²) in [6.07, 6.45) is 3.93. The molecular formula is C15H23N. The first-order valence-electron chi connectivity index (χ1n) is 6.64. The molecule has 1 aromatic rings. The molecule has 0 spiro atoms. The lowest BCUT2D eigenvalue weighted by molar-refractivity contribution is 0.247. The fraction of sp³-hybridized carbons (Fsp3) is 0.600. The molecule has 1 saturated carbocycles. The zero-order chi connectivity index (χ0) is 11.4. The van der Waals surface area contributed by atoms with Crippen LogP contribution in [-0.4, -0.2) is 13.1 Å². The Bertz CT molecular complexity index is 332. The molecule has 1 nitrogen and oxygen atoms in total. The summed E-state index contributed by atoms with van der Waals surface area (Å²) in [6, 6.07) is 9.17. The molecule has 1 heteroatoms. The molecular weight excluding hydrogens is 194 g/mol. The van der Waals surface area contributed by atoms with Gasteiger partial charge in [-0.25, -0.2) is 0 Å². The normalized spacial score (nSPS) is 24.1. The lowest BCUT2D eigenvalue weighted by Gasteiger charge is -2.37. The van der Waals surface area contributed by atoms with Crippen LogP contribution < -0.4 is 5.32 Å². The standard InChI is InChI=1S/C15H23N/c1-3-12-6-5-7-13(10-12)15-9-8-14(15)11-16-4-2/h5-7,10,14-16H,3-4,8-9,11H2,1-2H3. The molecule has 88 valence electrons. The van der Waals surface area contributed by atoms with Gasteiger partial charge in [0, 0.05) is 0 Å². The van der Waals surface area contributed by atoms with Crippen molar-refractivity contribution in [3.05, 3.63) is 35.4 Å². The molecule has 0 radical (unpaired) electrons. The minimum absolute atomic E-state index is 0.811. The van der Waals surface area contributed by atoms with E-state index in [1.165, 1.54) is 24.9 Å². The average Bonchev–Trinajstić information content (AvgIpc) is 2.28. The maximum Gasteiger partial charge on any atom is -0.00148 e. The van der Waals surface area contributed by atoms with E-state index in [2.05, 4.69) is 43.4 Å². The highest BCUT2D eigenvalue weighted by Gasteiger charge is 2.31. The molecule has 0 bridgehead atoms. The van der Waals surface area contributed by atoms with Gasteiger partial charge in [0.25, 0.3) is 0 Å². The van der Waals surface area contributed by atoms with E-state index in [4.69, 9.17) is 0 Å². The zero-order valence-electron chi connectivity index (χ0n) is 10.5. The first kappa shape index (κ1) is 11.7. The summed E-state index contributed by atoms with van der Waals surface area (Å²) in [5.74, 6) is 1.68. The van der Waals surface area contributed by atoms with E-state index < -0.39 is 0 Å². The van der Waals surface area contributed by atoms with Crippen LogP contribution >= 0.6 is 0 Å². The maximum absolute atomic E-state index is 3.48. The molecule has 2 atom stereocenters. The minimum Gasteiger partial charge on any atom is -0.317 e. The van der Waals surface area contributed by atoms with Crippen molar-refractivity contribution in [3.63, 3.8) is 0 Å². The van der Waals surface area contributed by atoms with E-state index in [0.29, 0.717) is 0 Å². The Labute approximate surface area is 99.3 Å². The summed E-state index contributed by atoms with van der Waals surface area (Å²) in [5.41, 5.74) is 3.04. The second-order valence-corrected chi connectivity index (χ2v) is 4.85. The highest BCUT2D eigenvalue weighted by Crippen LogP contribution is 2.42. The number of benzene rings is 1. The molecule has 1 fully saturated rings. The van der Waals surface area contributed by atoms with Crippen molar-refractivity contribution in [2.45, 2.75) is 39.0 Å². The Kier molecular flexibility index (Phi) is 4.00. The third kappa shape index (κ3) is 2.46. The van der Waals surface area contributed by atoms with Gasteiger partial charge in [-0.05, 0) is 55.3 Å². The second kappa shape index (κ2) is 5.49. The number of nitrogens with one attached hydrogen (secondary N) is 1. The van der Waals surface area contributed by atoms with E-state index in [1.807, 2.05) is 0 Å². The van der Waals surface area contributed by atoms with E-state index in [9.17, 15) is 0 Å². The van der Waals surface area contributed by atoms with Gasteiger partial charge < -0.3 is 5.32 Å². The maximum atomic E-state index is 3.48. The Hall–Kier alpha value is -0.820. The third-order valence-electron chi connectivity index (χ3n) is 3.86. The summed E-state index contributed by atoms with van der Waals surface area (Å²) in [7, 11) is 0. The van der Waals surface area contributed by atoms with E-state index in [-0.39, 0.29) is 0 Å². The monoisotopic (exact) mass is 217 g/mol. The van der Waals surface area contributed by atoms with Gasteiger partial charge in [-0.15, -0.1) is 0 Å². The molecule has 0 amide bonds. The van der Waals surface area contributed by atoms with Gasteiger partial charge in [-0.3, -0.25) is 0 Å². The van der Waals surface area contributed by atoms with Crippen LogP contribution in [0.5, 0.6) is 0 Å². The lowest BCUT2D eigenvalue weighted by atomic mass is 9.69. The van der Waals surface area contributed by atoms with Crippen LogP contribution in [-0.2, 0) is 6.42 Å². The minimum atomic E-state index is 0.811. The highest BCUT2D eigenvalue weighted by molar-refractivity contribution is 5.28. The number of hydrogen-bond donors (Lipinski definition) is 1. The van der Waals surface area contributed by atoms with Gasteiger partial charge in [0.15, 0.2) is 0 Å². The third-order valence-corrected chi connectivity index (χ3v) is 3.86. The molecule has 0 aromatic heterocycles. The predicted molar refractivity (Wildman–Crippen MR) is 69.8 cm³/mol. The Balaban J connectivity index is 2.00. The van der Waals surface area contributed by atoms with Gasteiger partial charge in [0.05, 0.1) is 0 Å². The molecule has 2 rings (SSSR count). The molecule has 2 unspecified atom stereocenters. The second-order valence-electron chi connectivity index (χ2n) is 4.85. The van der Waals surface area contributed by atoms with E-state index in [0.717, 1.165) is 24.8 Å². The van der Waals surface area contributed by atoms with Gasteiger partial charge in [0.2, 0.25) is 0 Å². The van der Waals surface area contributed by atoms with Crippen molar-refractivity contribution in [3.8, 4) is 0 Å². The first-order valence-corrected chi connectivity index (χ1v) is 6.64. The summed E-state index contributed by atoms with van der Waals surface area (Å²) in [4.78, 5) is 0. The van der Waals surface area contributed by atoms with Gasteiger partial charge in [-0.2, -0.15) is 0 Å². The van der Waals surface area contributed by atoms with Crippen molar-refractivity contribution in [2.75, 3.05) is 13.1 Å². The van der Waals surface area contributed by atoms with Crippen LogP contribution in [0.3, 0.4) is 0 Å². The fourth-order valence-electron chi connectivity index (χ4n) is 2.63. The van der Waals surface area contributed by atoms with Crippen LogP contribution in [0.1, 0.15) is 43.7 Å². The molecule has 0 heterocycles. The van der Waals surface area contributed by atoms with Crippen LogP contribution in [0.2, 0.25) is 0 Å². The molecule has 1 aliphatic carbocycles. The lowest BCUT2D eigenvalue weighted by Crippen LogP contribution is -2.33. The average molecular weight is 217 g/mol. The fourth-order valence-corrected chi connectivity index (χ4v) is 2.63. The SMILES string of the molecule is CCNCC1CCC1c1cccc(CC)c1. The number of rotatable bonds is 5. The molecule has 0 aliphatic heterocycles. The summed E-state index contributed by atoms with van der Waals surface area (Å²) < 4.78 is 0. The Morgan fingerprint density at radius 1 is 1.25 bits per heavy atom. The van der Waals surface area contributed by atoms with E-state index in [1.54, 1.807) is 5.56 Å².